The average molecular weight is 234 g/mol. The van der Waals surface area contributed by atoms with Gasteiger partial charge in [0.2, 0.25) is 0 Å². The molecule has 0 N–H and O–H groups in total. The topological polar surface area (TPSA) is 9.23 Å². The predicted octanol–water partition coefficient (Wildman–Crippen LogP) is 3.90. The van der Waals surface area contributed by atoms with Crippen molar-refractivity contribution >= 4 is 14.4 Å². The van der Waals surface area contributed by atoms with Gasteiger partial charge in [0, 0.05) is 0 Å². The lowest BCUT2D eigenvalue weighted by Gasteiger charge is -2.10. The smallest absolute Gasteiger partial charge is 0.119 e. The van der Waals surface area contributed by atoms with E-state index >= 15 is 0 Å². The zero-order valence-electron chi connectivity index (χ0n) is 10.9. The minimum absolute atomic E-state index is 0.241. The molecule has 16 heavy (non-hydrogen) atoms. The summed E-state index contributed by atoms with van der Waals surface area (Å²) < 4.78 is 5.62. The van der Waals surface area contributed by atoms with Gasteiger partial charge in [-0.05, 0) is 38.5 Å². The van der Waals surface area contributed by atoms with Gasteiger partial charge in [-0.25, -0.2) is 0 Å². The minimum Gasteiger partial charge on any atom is -0.491 e. The van der Waals surface area contributed by atoms with E-state index < -0.39 is 8.80 Å². The van der Waals surface area contributed by atoms with Gasteiger partial charge < -0.3 is 4.74 Å². The van der Waals surface area contributed by atoms with Crippen molar-refractivity contribution in [2.45, 2.75) is 40.0 Å². The molecule has 0 unspecified atom stereocenters. The van der Waals surface area contributed by atoms with Crippen LogP contribution in [0.5, 0.6) is 5.75 Å². The molecule has 0 radical (unpaired) electrons. The second-order valence-electron chi connectivity index (χ2n) is 4.78. The number of rotatable bonds is 4. The summed E-state index contributed by atoms with van der Waals surface area (Å²) in [6.07, 6.45) is 0.241. The van der Waals surface area contributed by atoms with Crippen LogP contribution in [0.15, 0.2) is 30.0 Å². The maximum Gasteiger partial charge on any atom is 0.119 e. The van der Waals surface area contributed by atoms with Gasteiger partial charge in [0.25, 0.3) is 0 Å². The summed E-state index contributed by atoms with van der Waals surface area (Å²) in [6.45, 7) is 10.9. The number of hydrogen-bond donors (Lipinski definition) is 0. The molecular formula is C14H22OSi. The lowest BCUT2D eigenvalue weighted by molar-refractivity contribution is 0.242. The van der Waals surface area contributed by atoms with Gasteiger partial charge in [0.05, 0.1) is 14.9 Å². The van der Waals surface area contributed by atoms with Gasteiger partial charge in [0.15, 0.2) is 0 Å². The minimum atomic E-state index is -0.627. The second kappa shape index (κ2) is 5.90. The Morgan fingerprint density at radius 1 is 1.19 bits per heavy atom. The van der Waals surface area contributed by atoms with Crippen LogP contribution in [0.3, 0.4) is 0 Å². The van der Waals surface area contributed by atoms with Crippen molar-refractivity contribution in [3.63, 3.8) is 0 Å². The zero-order valence-corrected chi connectivity index (χ0v) is 12.1. The van der Waals surface area contributed by atoms with Crippen molar-refractivity contribution in [2.75, 3.05) is 0 Å². The molecule has 0 atom stereocenters. The molecule has 0 aliphatic heterocycles. The van der Waals surface area contributed by atoms with Crippen LogP contribution in [0, 0.1) is 0 Å². The molecule has 0 aliphatic carbocycles. The van der Waals surface area contributed by atoms with Crippen LogP contribution < -0.4 is 4.74 Å². The van der Waals surface area contributed by atoms with E-state index in [9.17, 15) is 0 Å². The van der Waals surface area contributed by atoms with Gasteiger partial charge in [-0.2, -0.15) is 0 Å². The van der Waals surface area contributed by atoms with Crippen LogP contribution >= 0.6 is 0 Å². The Morgan fingerprint density at radius 2 is 1.75 bits per heavy atom. The molecule has 0 bridgehead atoms. The standard InChI is InChI=1S/C14H22OSi/c1-11(2)15-14-8-6-13(7-9-14)12(3)10-16(4)5/h6-11,16H,1-5H3. The molecule has 1 aromatic carbocycles. The van der Waals surface area contributed by atoms with E-state index in [4.69, 9.17) is 4.74 Å². The quantitative estimate of drug-likeness (QED) is 0.718. The first-order chi connectivity index (χ1) is 7.49. The highest BCUT2D eigenvalue weighted by atomic mass is 28.3. The fourth-order valence-electron chi connectivity index (χ4n) is 1.66. The van der Waals surface area contributed by atoms with E-state index in [1.54, 1.807) is 0 Å². The maximum atomic E-state index is 5.62. The number of benzene rings is 1. The second-order valence-corrected chi connectivity index (χ2v) is 7.61. The monoisotopic (exact) mass is 234 g/mol. The van der Waals surface area contributed by atoms with Crippen LogP contribution in [0.1, 0.15) is 26.3 Å². The first-order valence-electron chi connectivity index (χ1n) is 5.94. The summed E-state index contributed by atoms with van der Waals surface area (Å²) in [5.41, 5.74) is 5.10. The normalized spacial score (nSPS) is 12.3. The molecule has 0 amide bonds. The first-order valence-corrected chi connectivity index (χ1v) is 8.92. The van der Waals surface area contributed by atoms with Crippen molar-refractivity contribution in [1.82, 2.24) is 0 Å². The van der Waals surface area contributed by atoms with Gasteiger partial charge in [0.1, 0.15) is 5.75 Å². The third kappa shape index (κ3) is 4.23. The summed E-state index contributed by atoms with van der Waals surface area (Å²) in [6, 6.07) is 8.38. The molecule has 1 nitrogen and oxygen atoms in total. The molecule has 0 saturated carbocycles. The van der Waals surface area contributed by atoms with E-state index in [0.717, 1.165) is 5.75 Å². The Balaban J connectivity index is 2.78. The summed E-state index contributed by atoms with van der Waals surface area (Å²) in [4.78, 5) is 0. The molecular weight excluding hydrogens is 212 g/mol. The van der Waals surface area contributed by atoms with E-state index in [1.807, 2.05) is 13.8 Å². The average Bonchev–Trinajstić information content (AvgIpc) is 2.16. The molecule has 1 rings (SSSR count). The summed E-state index contributed by atoms with van der Waals surface area (Å²) in [5.74, 6) is 0.952. The fourth-order valence-corrected chi connectivity index (χ4v) is 2.86. The summed E-state index contributed by atoms with van der Waals surface area (Å²) in [7, 11) is -0.627. The van der Waals surface area contributed by atoms with Crippen LogP contribution in [-0.2, 0) is 0 Å². The SMILES string of the molecule is CC(=C[SiH](C)C)c1ccc(OC(C)C)cc1. The Bertz CT molecular complexity index is 350. The molecule has 0 aliphatic rings. The summed E-state index contributed by atoms with van der Waals surface area (Å²) >= 11 is 0. The molecule has 0 spiro atoms. The van der Waals surface area contributed by atoms with Crippen LogP contribution in [0.4, 0.5) is 0 Å². The zero-order chi connectivity index (χ0) is 12.1. The molecule has 1 aromatic rings. The molecule has 88 valence electrons. The number of hydrogen-bond acceptors (Lipinski definition) is 1. The molecule has 2 heteroatoms. The highest BCUT2D eigenvalue weighted by Crippen LogP contribution is 2.19. The van der Waals surface area contributed by atoms with Crippen molar-refractivity contribution in [3.05, 3.63) is 35.5 Å². The first kappa shape index (κ1) is 13.0. The molecule has 0 heterocycles. The van der Waals surface area contributed by atoms with Crippen molar-refractivity contribution in [2.24, 2.45) is 0 Å². The predicted molar refractivity (Wildman–Crippen MR) is 74.7 cm³/mol. The summed E-state index contributed by atoms with van der Waals surface area (Å²) in [5, 5.41) is 0. The highest BCUT2D eigenvalue weighted by molar-refractivity contribution is 6.62. The lowest BCUT2D eigenvalue weighted by Crippen LogP contribution is -2.05. The highest BCUT2D eigenvalue weighted by Gasteiger charge is 2.00. The van der Waals surface area contributed by atoms with Crippen molar-refractivity contribution < 1.29 is 4.74 Å². The van der Waals surface area contributed by atoms with E-state index in [-0.39, 0.29) is 6.10 Å². The van der Waals surface area contributed by atoms with Crippen molar-refractivity contribution in [1.29, 1.82) is 0 Å². The third-order valence-corrected chi connectivity index (χ3v) is 3.43. The fraction of sp³-hybridized carbons (Fsp3) is 0.429. The van der Waals surface area contributed by atoms with Gasteiger partial charge >= 0.3 is 0 Å². The lowest BCUT2D eigenvalue weighted by atomic mass is 10.1. The number of allylic oxidation sites excluding steroid dienone is 1. The van der Waals surface area contributed by atoms with Crippen molar-refractivity contribution in [3.8, 4) is 5.75 Å². The largest absolute Gasteiger partial charge is 0.491 e. The molecule has 0 aromatic heterocycles. The Hall–Kier alpha value is -1.02. The third-order valence-electron chi connectivity index (χ3n) is 2.26. The Morgan fingerprint density at radius 3 is 2.19 bits per heavy atom. The number of ether oxygens (including phenoxy) is 1. The maximum absolute atomic E-state index is 5.62. The molecule has 0 fully saturated rings. The van der Waals surface area contributed by atoms with E-state index in [0.29, 0.717) is 0 Å². The van der Waals surface area contributed by atoms with E-state index in [1.165, 1.54) is 11.1 Å². The van der Waals surface area contributed by atoms with Crippen LogP contribution in [-0.4, -0.2) is 14.9 Å². The Kier molecular flexibility index (Phi) is 4.81. The van der Waals surface area contributed by atoms with Gasteiger partial charge in [-0.1, -0.05) is 36.5 Å². The van der Waals surface area contributed by atoms with Gasteiger partial charge in [-0.3, -0.25) is 0 Å². The van der Waals surface area contributed by atoms with Gasteiger partial charge in [-0.15, -0.1) is 0 Å². The van der Waals surface area contributed by atoms with Crippen LogP contribution in [0.25, 0.3) is 5.57 Å². The molecule has 0 saturated heterocycles. The van der Waals surface area contributed by atoms with E-state index in [2.05, 4.69) is 50.0 Å². The van der Waals surface area contributed by atoms with Crippen LogP contribution in [0.2, 0.25) is 13.1 Å². The Labute approximate surface area is 101 Å².